The summed E-state index contributed by atoms with van der Waals surface area (Å²) in [6, 6.07) is 2.76. The number of aromatic amines is 1. The maximum atomic E-state index is 13.4. The summed E-state index contributed by atoms with van der Waals surface area (Å²) in [5.41, 5.74) is 12.4. The molecule has 26 heteroatoms. The summed E-state index contributed by atoms with van der Waals surface area (Å²) in [6.45, 7) is 2.01. The van der Waals surface area contributed by atoms with Crippen LogP contribution >= 0.6 is 23.5 Å². The van der Waals surface area contributed by atoms with Crippen molar-refractivity contribution in [2.24, 2.45) is 5.11 Å². The predicted molar refractivity (Wildman–Crippen MR) is 147 cm³/mol. The molecular weight excluding hydrogens is 671 g/mol. The molecule has 1 fully saturated rings. The number of nitrogens with zero attached hydrogens (tertiary/aromatic N) is 7. The van der Waals surface area contributed by atoms with Gasteiger partial charge < -0.3 is 34.8 Å². The number of nitrogens with two attached hydrogens (primary N) is 1. The lowest BCUT2D eigenvalue weighted by molar-refractivity contribution is -0.0490. The molecule has 3 aromatic rings. The summed E-state index contributed by atoms with van der Waals surface area (Å²) in [7, 11) is -17.1. The van der Waals surface area contributed by atoms with Crippen molar-refractivity contribution in [3.8, 4) is 0 Å². The van der Waals surface area contributed by atoms with Crippen LogP contribution in [0, 0.1) is 0 Å². The van der Waals surface area contributed by atoms with Gasteiger partial charge in [-0.25, -0.2) is 23.5 Å². The fourth-order valence-electron chi connectivity index (χ4n) is 4.19. The normalized spacial score (nSPS) is 21.5. The van der Waals surface area contributed by atoms with E-state index in [9.17, 15) is 33.1 Å². The van der Waals surface area contributed by atoms with Crippen LogP contribution in [-0.4, -0.2) is 68.9 Å². The topological polar surface area (TPSA) is 347 Å². The van der Waals surface area contributed by atoms with E-state index in [0.717, 1.165) is 0 Å². The molecule has 0 bridgehead atoms. The number of hydrogen-bond acceptors (Lipinski definition) is 15. The fraction of sp³-hybridized carbons (Fsp3) is 0.421. The first-order chi connectivity index (χ1) is 20.8. The second kappa shape index (κ2) is 12.7. The zero-order chi connectivity index (χ0) is 33.4. The maximum Gasteiger partial charge on any atom is 0.490 e. The highest BCUT2D eigenvalue weighted by molar-refractivity contribution is 7.66. The Morgan fingerprint density at radius 2 is 1.96 bits per heavy atom. The number of hydrogen-bond donors (Lipinski definition) is 6. The Kier molecular flexibility index (Phi) is 9.68. The summed E-state index contributed by atoms with van der Waals surface area (Å²) in [5.74, 6) is -1.25. The molecule has 23 nitrogen and oxygen atoms in total. The molecule has 1 aliphatic heterocycles. The van der Waals surface area contributed by atoms with Gasteiger partial charge in [-0.2, -0.15) is 13.6 Å². The van der Waals surface area contributed by atoms with Gasteiger partial charge in [0.2, 0.25) is 5.95 Å². The molecule has 0 aliphatic carbocycles. The van der Waals surface area contributed by atoms with Gasteiger partial charge in [-0.05, 0) is 31.5 Å². The van der Waals surface area contributed by atoms with Crippen LogP contribution in [0.4, 0.5) is 5.95 Å². The van der Waals surface area contributed by atoms with Gasteiger partial charge in [-0.3, -0.25) is 23.9 Å². The Morgan fingerprint density at radius 3 is 2.62 bits per heavy atom. The third-order valence-electron chi connectivity index (χ3n) is 5.92. The summed E-state index contributed by atoms with van der Waals surface area (Å²) in [5, 5.41) is 3.65. The van der Waals surface area contributed by atoms with Crippen molar-refractivity contribution in [1.82, 2.24) is 24.5 Å². The predicted octanol–water partition coefficient (Wildman–Crippen LogP) is 1.50. The van der Waals surface area contributed by atoms with E-state index in [2.05, 4.69) is 38.6 Å². The Bertz CT molecular complexity index is 1870. The number of azide groups is 1. The molecule has 0 aromatic carbocycles. The van der Waals surface area contributed by atoms with E-state index in [4.69, 9.17) is 35.0 Å². The number of phosphoric acid groups is 3. The molecule has 4 rings (SSSR count). The minimum atomic E-state index is -5.82. The van der Waals surface area contributed by atoms with E-state index in [1.807, 2.05) is 0 Å². The summed E-state index contributed by atoms with van der Waals surface area (Å²) in [6.07, 6.45) is -1.57. The number of anilines is 1. The van der Waals surface area contributed by atoms with Crippen LogP contribution < -0.4 is 11.3 Å². The first-order valence-electron chi connectivity index (χ1n) is 12.2. The molecule has 1 aliphatic rings. The molecule has 45 heavy (non-hydrogen) atoms. The lowest BCUT2D eigenvalue weighted by Crippen LogP contribution is -2.32. The number of H-pyrrole nitrogens is 1. The Morgan fingerprint density at radius 1 is 1.24 bits per heavy atom. The van der Waals surface area contributed by atoms with Crippen molar-refractivity contribution >= 4 is 46.5 Å². The van der Waals surface area contributed by atoms with E-state index in [-0.39, 0.29) is 34.8 Å². The van der Waals surface area contributed by atoms with E-state index in [1.165, 1.54) is 43.1 Å². The number of imidazole rings is 1. The Hall–Kier alpha value is -3.55. The number of ether oxygens (including phenoxy) is 2. The lowest BCUT2D eigenvalue weighted by Gasteiger charge is -2.23. The fourth-order valence-corrected chi connectivity index (χ4v) is 7.22. The number of carbonyl (C=O) groups is 1. The molecule has 4 heterocycles. The zero-order valence-corrected chi connectivity index (χ0v) is 25.6. The van der Waals surface area contributed by atoms with Crippen LogP contribution in [0.1, 0.15) is 42.5 Å². The van der Waals surface area contributed by atoms with Crippen LogP contribution in [0.2, 0.25) is 0 Å². The number of phosphoric ester groups is 1. The molecule has 0 radical (unpaired) electrons. The molecular formula is C19H24N9O14P3. The molecule has 0 saturated carbocycles. The quantitative estimate of drug-likeness (QED) is 0.0513. The number of carbonyl (C=O) groups excluding carboxylic acids is 1. The number of fused-ring (bicyclic) bond motifs is 1. The Labute approximate surface area is 250 Å². The second-order valence-electron chi connectivity index (χ2n) is 9.62. The number of nitrogen functional groups attached to an aromatic ring is 1. The molecule has 0 amide bonds. The van der Waals surface area contributed by atoms with Crippen LogP contribution in [0.5, 0.6) is 0 Å². The molecule has 0 spiro atoms. The number of aromatic nitrogens is 5. The van der Waals surface area contributed by atoms with Crippen LogP contribution in [0.15, 0.2) is 34.6 Å². The molecule has 1 saturated heterocycles. The number of rotatable bonds is 12. The van der Waals surface area contributed by atoms with Crippen LogP contribution in [-0.2, 0) is 41.9 Å². The number of nitrogens with one attached hydrogen (secondary N) is 1. The van der Waals surface area contributed by atoms with Crippen molar-refractivity contribution in [2.75, 3.05) is 12.3 Å². The SMILES string of the molecule is CC(C)(N=[N+]=[N-])c1ncccc1C(=O)OC1C[C@H](n2cnc3c(=O)[nH]c(N)nc32)O[C@@H]1COP(=O)(O)OP(=O)(O)OP(=O)(O)O. The van der Waals surface area contributed by atoms with E-state index >= 15 is 0 Å². The van der Waals surface area contributed by atoms with Crippen LogP contribution in [0.3, 0.4) is 0 Å². The van der Waals surface area contributed by atoms with Crippen molar-refractivity contribution in [3.05, 3.63) is 56.7 Å². The lowest BCUT2D eigenvalue weighted by atomic mass is 9.96. The van der Waals surface area contributed by atoms with E-state index in [1.54, 1.807) is 0 Å². The molecule has 5 atom stereocenters. The highest BCUT2D eigenvalue weighted by Crippen LogP contribution is 2.66. The van der Waals surface area contributed by atoms with Gasteiger partial charge in [-0.1, -0.05) is 5.11 Å². The molecule has 3 unspecified atom stereocenters. The van der Waals surface area contributed by atoms with E-state index < -0.39 is 65.6 Å². The number of esters is 1. The smallest absolute Gasteiger partial charge is 0.456 e. The van der Waals surface area contributed by atoms with Crippen molar-refractivity contribution < 1.29 is 60.7 Å². The first kappa shape index (κ1) is 34.3. The van der Waals surface area contributed by atoms with Crippen molar-refractivity contribution in [3.63, 3.8) is 0 Å². The standard InChI is InChI=1S/C19H24N9O14P3/c1-19(2,26-27-21)14-9(4-3-5-22-14)17(30)40-10-6-12(28-8-23-13-15(28)24-18(20)25-16(13)29)39-11(10)7-38-44(34,35)42-45(36,37)41-43(31,32)33/h3-5,8,10-12H,6-7H2,1-2H3,(H,34,35)(H,36,37)(H2,31,32,33)(H3,20,24,25,29)/t10?,11-,12-/m1/s1. The average molecular weight is 695 g/mol. The van der Waals surface area contributed by atoms with Gasteiger partial charge in [0, 0.05) is 17.5 Å². The van der Waals surface area contributed by atoms with E-state index in [0.29, 0.717) is 0 Å². The molecule has 7 N–H and O–H groups in total. The molecule has 244 valence electrons. The molecule has 3 aromatic heterocycles. The monoisotopic (exact) mass is 695 g/mol. The van der Waals surface area contributed by atoms with Crippen molar-refractivity contribution in [2.45, 2.75) is 44.2 Å². The van der Waals surface area contributed by atoms with Gasteiger partial charge in [-0.15, -0.1) is 0 Å². The average Bonchev–Trinajstić information content (AvgIpc) is 3.49. The van der Waals surface area contributed by atoms with Gasteiger partial charge in [0.15, 0.2) is 11.2 Å². The third-order valence-corrected chi connectivity index (χ3v) is 9.72. The third kappa shape index (κ3) is 8.39. The van der Waals surface area contributed by atoms with Gasteiger partial charge in [0.1, 0.15) is 18.4 Å². The van der Waals surface area contributed by atoms with Gasteiger partial charge >= 0.3 is 29.4 Å². The Balaban J connectivity index is 1.63. The van der Waals surface area contributed by atoms with Gasteiger partial charge in [0.05, 0.1) is 29.7 Å². The maximum absolute atomic E-state index is 13.4. The minimum absolute atomic E-state index is 0.0366. The first-order valence-corrected chi connectivity index (χ1v) is 16.7. The summed E-state index contributed by atoms with van der Waals surface area (Å²) in [4.78, 5) is 79.6. The highest BCUT2D eigenvalue weighted by atomic mass is 31.3. The van der Waals surface area contributed by atoms with Crippen LogP contribution in [0.25, 0.3) is 21.6 Å². The second-order valence-corrected chi connectivity index (χ2v) is 14.0. The highest BCUT2D eigenvalue weighted by Gasteiger charge is 2.45. The van der Waals surface area contributed by atoms with Crippen molar-refractivity contribution in [1.29, 1.82) is 0 Å². The summed E-state index contributed by atoms with van der Waals surface area (Å²) < 4.78 is 59.8. The summed E-state index contributed by atoms with van der Waals surface area (Å²) >= 11 is 0. The zero-order valence-electron chi connectivity index (χ0n) is 22.9. The van der Waals surface area contributed by atoms with Gasteiger partial charge in [0.25, 0.3) is 5.56 Å². The minimum Gasteiger partial charge on any atom is -0.456 e. The number of pyridine rings is 1. The largest absolute Gasteiger partial charge is 0.490 e.